The Morgan fingerprint density at radius 1 is 1.25 bits per heavy atom. The predicted molar refractivity (Wildman–Crippen MR) is 54.3 cm³/mol. The van der Waals surface area contributed by atoms with Crippen molar-refractivity contribution in [2.75, 3.05) is 18.2 Å². The summed E-state index contributed by atoms with van der Waals surface area (Å²) in [6.45, 7) is 0.533. The number of alkyl halides is 1. The molecule has 0 amide bonds. The van der Waals surface area contributed by atoms with Gasteiger partial charge in [-0.15, -0.1) is 24.0 Å². The largest absolute Gasteiger partial charge is 0.492 e. The minimum absolute atomic E-state index is 0. The molecule has 4 heteroatoms. The van der Waals surface area contributed by atoms with Gasteiger partial charge in [-0.25, -0.2) is 0 Å². The van der Waals surface area contributed by atoms with Crippen LogP contribution in [-0.2, 0) is 0 Å². The van der Waals surface area contributed by atoms with Gasteiger partial charge in [-0.1, -0.05) is 0 Å². The summed E-state index contributed by atoms with van der Waals surface area (Å²) in [4.78, 5) is 0. The first-order valence-corrected chi connectivity index (χ1v) is 3.90. The monoisotopic (exact) mass is 207 g/mol. The van der Waals surface area contributed by atoms with Crippen LogP contribution in [0, 0.1) is 0 Å². The van der Waals surface area contributed by atoms with E-state index in [9.17, 15) is 0 Å². The van der Waals surface area contributed by atoms with Crippen molar-refractivity contribution in [2.24, 2.45) is 0 Å². The summed E-state index contributed by atoms with van der Waals surface area (Å²) in [5.41, 5.74) is 6.21. The van der Waals surface area contributed by atoms with E-state index in [-0.39, 0.29) is 12.4 Å². The molecule has 12 heavy (non-hydrogen) atoms. The minimum atomic E-state index is 0. The Morgan fingerprint density at radius 3 is 2.33 bits per heavy atom. The van der Waals surface area contributed by atoms with Gasteiger partial charge in [0.2, 0.25) is 0 Å². The normalized spacial score (nSPS) is 8.75. The molecule has 1 aromatic rings. The smallest absolute Gasteiger partial charge is 0.119 e. The van der Waals surface area contributed by atoms with Crippen LogP contribution in [0.5, 0.6) is 5.75 Å². The third kappa shape index (κ3) is 3.69. The maximum atomic E-state index is 5.47. The highest BCUT2D eigenvalue weighted by Crippen LogP contribution is 2.12. The standard InChI is InChI=1S/C8H10ClNO.ClH/c9-5-6-11-8-3-1-7(10)2-4-8;/h1-4H,5-6,10H2;1H. The Bertz CT molecular complexity index is 213. The molecular weight excluding hydrogens is 197 g/mol. The lowest BCUT2D eigenvalue weighted by atomic mass is 10.3. The molecule has 0 aliphatic heterocycles. The maximum Gasteiger partial charge on any atom is 0.119 e. The van der Waals surface area contributed by atoms with E-state index in [1.807, 2.05) is 12.1 Å². The van der Waals surface area contributed by atoms with Crippen LogP contribution in [0.1, 0.15) is 0 Å². The third-order valence-electron chi connectivity index (χ3n) is 1.23. The second kappa shape index (κ2) is 5.98. The molecular formula is C8H11Cl2NO. The molecule has 1 aromatic carbocycles. The topological polar surface area (TPSA) is 35.2 Å². The van der Waals surface area contributed by atoms with Crippen molar-refractivity contribution in [3.63, 3.8) is 0 Å². The number of nitrogens with two attached hydrogens (primary N) is 1. The molecule has 1 rings (SSSR count). The van der Waals surface area contributed by atoms with Crippen LogP contribution in [0.25, 0.3) is 0 Å². The summed E-state index contributed by atoms with van der Waals surface area (Å²) in [5, 5.41) is 0. The number of nitrogen functional groups attached to an aromatic ring is 1. The number of rotatable bonds is 3. The number of ether oxygens (including phenoxy) is 1. The van der Waals surface area contributed by atoms with E-state index in [1.54, 1.807) is 12.1 Å². The van der Waals surface area contributed by atoms with Crippen LogP contribution in [0.3, 0.4) is 0 Å². The van der Waals surface area contributed by atoms with Gasteiger partial charge >= 0.3 is 0 Å². The van der Waals surface area contributed by atoms with Crippen LogP contribution < -0.4 is 10.5 Å². The summed E-state index contributed by atoms with van der Waals surface area (Å²) >= 11 is 5.43. The zero-order chi connectivity index (χ0) is 8.10. The van der Waals surface area contributed by atoms with Crippen molar-refractivity contribution < 1.29 is 4.74 Å². The van der Waals surface area contributed by atoms with Gasteiger partial charge in [0.15, 0.2) is 0 Å². The lowest BCUT2D eigenvalue weighted by Crippen LogP contribution is -1.97. The van der Waals surface area contributed by atoms with E-state index in [0.29, 0.717) is 12.5 Å². The number of benzene rings is 1. The first-order chi connectivity index (χ1) is 5.33. The summed E-state index contributed by atoms with van der Waals surface area (Å²) in [6.07, 6.45) is 0. The Kier molecular flexibility index (Phi) is 5.68. The molecule has 0 fully saturated rings. The van der Waals surface area contributed by atoms with Crippen LogP contribution in [0.4, 0.5) is 5.69 Å². The molecule has 0 aliphatic carbocycles. The fourth-order valence-corrected chi connectivity index (χ4v) is 0.798. The first-order valence-electron chi connectivity index (χ1n) is 3.37. The van der Waals surface area contributed by atoms with Gasteiger partial charge in [0.25, 0.3) is 0 Å². The van der Waals surface area contributed by atoms with Gasteiger partial charge in [-0.3, -0.25) is 0 Å². The number of halogens is 2. The Hall–Kier alpha value is -0.600. The second-order valence-corrected chi connectivity index (χ2v) is 2.48. The molecule has 2 nitrogen and oxygen atoms in total. The van der Waals surface area contributed by atoms with Gasteiger partial charge < -0.3 is 10.5 Å². The van der Waals surface area contributed by atoms with Gasteiger partial charge in [-0.05, 0) is 24.3 Å². The molecule has 0 spiro atoms. The Labute approximate surface area is 83.1 Å². The third-order valence-corrected chi connectivity index (χ3v) is 1.38. The highest BCUT2D eigenvalue weighted by molar-refractivity contribution is 6.17. The first kappa shape index (κ1) is 11.4. The lowest BCUT2D eigenvalue weighted by Gasteiger charge is -2.02. The van der Waals surface area contributed by atoms with Crippen LogP contribution in [-0.4, -0.2) is 12.5 Å². The van der Waals surface area contributed by atoms with Gasteiger partial charge in [0.05, 0.1) is 5.88 Å². The average Bonchev–Trinajstić information content (AvgIpc) is 2.04. The summed E-state index contributed by atoms with van der Waals surface area (Å²) < 4.78 is 5.22. The zero-order valence-corrected chi connectivity index (χ0v) is 8.07. The number of hydrogen-bond acceptors (Lipinski definition) is 2. The van der Waals surface area contributed by atoms with E-state index in [1.165, 1.54) is 0 Å². The highest BCUT2D eigenvalue weighted by atomic mass is 35.5. The van der Waals surface area contributed by atoms with E-state index in [2.05, 4.69) is 0 Å². The van der Waals surface area contributed by atoms with Crippen LogP contribution >= 0.6 is 24.0 Å². The van der Waals surface area contributed by atoms with Crippen molar-refractivity contribution in [2.45, 2.75) is 0 Å². The second-order valence-electron chi connectivity index (χ2n) is 2.11. The number of hydrogen-bond donors (Lipinski definition) is 1. The van der Waals surface area contributed by atoms with E-state index < -0.39 is 0 Å². The molecule has 2 N–H and O–H groups in total. The average molecular weight is 208 g/mol. The summed E-state index contributed by atoms with van der Waals surface area (Å²) in [5.74, 6) is 1.31. The van der Waals surface area contributed by atoms with Crippen molar-refractivity contribution >= 4 is 29.7 Å². The van der Waals surface area contributed by atoms with Gasteiger partial charge in [0, 0.05) is 5.69 Å². The molecule has 68 valence electrons. The number of anilines is 1. The quantitative estimate of drug-likeness (QED) is 0.611. The fraction of sp³-hybridized carbons (Fsp3) is 0.250. The summed E-state index contributed by atoms with van der Waals surface area (Å²) in [6, 6.07) is 7.23. The molecule has 0 aliphatic rings. The Morgan fingerprint density at radius 2 is 1.83 bits per heavy atom. The summed E-state index contributed by atoms with van der Waals surface area (Å²) in [7, 11) is 0. The molecule has 0 saturated heterocycles. The van der Waals surface area contributed by atoms with Crippen molar-refractivity contribution in [1.29, 1.82) is 0 Å². The lowest BCUT2D eigenvalue weighted by molar-refractivity contribution is 0.343. The highest BCUT2D eigenvalue weighted by Gasteiger charge is 1.90. The molecule has 0 radical (unpaired) electrons. The SMILES string of the molecule is Cl.Nc1ccc(OCCCl)cc1. The molecule has 0 heterocycles. The van der Waals surface area contributed by atoms with Crippen molar-refractivity contribution in [1.82, 2.24) is 0 Å². The van der Waals surface area contributed by atoms with Crippen LogP contribution in [0.2, 0.25) is 0 Å². The van der Waals surface area contributed by atoms with Gasteiger partial charge in [-0.2, -0.15) is 0 Å². The van der Waals surface area contributed by atoms with E-state index >= 15 is 0 Å². The van der Waals surface area contributed by atoms with Crippen molar-refractivity contribution in [3.8, 4) is 5.75 Å². The van der Waals surface area contributed by atoms with E-state index in [0.717, 1.165) is 11.4 Å². The zero-order valence-electron chi connectivity index (χ0n) is 6.50. The Balaban J connectivity index is 0.00000121. The van der Waals surface area contributed by atoms with Crippen LogP contribution in [0.15, 0.2) is 24.3 Å². The van der Waals surface area contributed by atoms with Crippen molar-refractivity contribution in [3.05, 3.63) is 24.3 Å². The van der Waals surface area contributed by atoms with Gasteiger partial charge in [0.1, 0.15) is 12.4 Å². The predicted octanol–water partition coefficient (Wildman–Crippen LogP) is 2.31. The molecule has 0 atom stereocenters. The maximum absolute atomic E-state index is 5.47. The minimum Gasteiger partial charge on any atom is -0.492 e. The molecule has 0 unspecified atom stereocenters. The molecule has 0 aromatic heterocycles. The van der Waals surface area contributed by atoms with E-state index in [4.69, 9.17) is 22.1 Å². The fourth-order valence-electron chi connectivity index (χ4n) is 0.720. The molecule has 0 saturated carbocycles. The molecule has 0 bridgehead atoms.